The van der Waals surface area contributed by atoms with Gasteiger partial charge in [0.2, 0.25) is 5.16 Å². The second-order valence-electron chi connectivity index (χ2n) is 7.51. The number of aromatic nitrogens is 3. The highest BCUT2D eigenvalue weighted by Crippen LogP contribution is 2.29. The van der Waals surface area contributed by atoms with Crippen LogP contribution in [-0.4, -0.2) is 33.7 Å². The van der Waals surface area contributed by atoms with Gasteiger partial charge in [-0.3, -0.25) is 9.19 Å². The lowest BCUT2D eigenvalue weighted by Gasteiger charge is -2.13. The highest BCUT2D eigenvalue weighted by atomic mass is 32.2. The van der Waals surface area contributed by atoms with E-state index >= 15 is 0 Å². The van der Waals surface area contributed by atoms with E-state index in [1.165, 1.54) is 12.1 Å². The normalized spacial score (nSPS) is 12.8. The van der Waals surface area contributed by atoms with Crippen molar-refractivity contribution < 1.29 is 17.4 Å². The molecule has 32 heavy (non-hydrogen) atoms. The Hall–Kier alpha value is -3.04. The number of benzene rings is 2. The van der Waals surface area contributed by atoms with Crippen molar-refractivity contribution in [3.63, 3.8) is 0 Å². The van der Waals surface area contributed by atoms with E-state index in [9.17, 15) is 12.6 Å². The first-order chi connectivity index (χ1) is 15.2. The van der Waals surface area contributed by atoms with Crippen LogP contribution in [0.5, 0.6) is 5.75 Å². The number of aryl methyl sites for hydroxylation is 2. The molecule has 0 amide bonds. The summed E-state index contributed by atoms with van der Waals surface area (Å²) >= 11 is 0. The Morgan fingerprint density at radius 3 is 2.47 bits per heavy atom. The van der Waals surface area contributed by atoms with Crippen molar-refractivity contribution in [1.82, 2.24) is 13.9 Å². The third kappa shape index (κ3) is 3.82. The molecule has 2 aromatic carbocycles. The SMILES string of the molecule is COc1c(C)cnc(CS(=O)c2nc3ccc(C)cc3n2S(=O)(=O)c2ccccc2)c1C. The van der Waals surface area contributed by atoms with E-state index in [1.807, 2.05) is 26.8 Å². The molecule has 1 unspecified atom stereocenters. The van der Waals surface area contributed by atoms with Gasteiger partial charge < -0.3 is 4.74 Å². The summed E-state index contributed by atoms with van der Waals surface area (Å²) in [5.41, 5.74) is 3.94. The molecule has 4 rings (SSSR count). The molecule has 2 heterocycles. The number of nitrogens with zero attached hydrogens (tertiary/aromatic N) is 3. The molecular formula is C23H23N3O4S2. The fourth-order valence-electron chi connectivity index (χ4n) is 3.62. The molecule has 0 N–H and O–H groups in total. The predicted molar refractivity (Wildman–Crippen MR) is 124 cm³/mol. The van der Waals surface area contributed by atoms with Crippen LogP contribution >= 0.6 is 0 Å². The van der Waals surface area contributed by atoms with Crippen molar-refractivity contribution in [2.75, 3.05) is 7.11 Å². The standard InChI is InChI=1S/C23H23N3O4S2/c1-15-10-11-19-21(12-15)26(32(28,29)18-8-6-5-7-9-18)23(25-19)31(27)14-20-17(3)22(30-4)16(2)13-24-20/h5-13H,14H2,1-4H3. The molecular weight excluding hydrogens is 446 g/mol. The maximum absolute atomic E-state index is 13.6. The molecule has 0 aliphatic heterocycles. The zero-order chi connectivity index (χ0) is 23.0. The highest BCUT2D eigenvalue weighted by molar-refractivity contribution is 7.91. The quantitative estimate of drug-likeness (QED) is 0.425. The molecule has 0 spiro atoms. The number of fused-ring (bicyclic) bond motifs is 1. The number of pyridine rings is 1. The minimum Gasteiger partial charge on any atom is -0.496 e. The molecule has 4 aromatic rings. The lowest BCUT2D eigenvalue weighted by molar-refractivity contribution is 0.407. The molecule has 7 nitrogen and oxygen atoms in total. The van der Waals surface area contributed by atoms with Crippen LogP contribution in [0, 0.1) is 20.8 Å². The Morgan fingerprint density at radius 2 is 1.78 bits per heavy atom. The van der Waals surface area contributed by atoms with E-state index in [0.29, 0.717) is 22.5 Å². The average molecular weight is 470 g/mol. The molecule has 0 saturated carbocycles. The number of hydrogen-bond acceptors (Lipinski definition) is 6. The minimum absolute atomic E-state index is 0.00901. The number of hydrogen-bond donors (Lipinski definition) is 0. The predicted octanol–water partition coefficient (Wildman–Crippen LogP) is 3.91. The first kappa shape index (κ1) is 22.2. The molecule has 0 fully saturated rings. The third-order valence-electron chi connectivity index (χ3n) is 5.24. The van der Waals surface area contributed by atoms with Gasteiger partial charge in [0.05, 0.1) is 45.3 Å². The van der Waals surface area contributed by atoms with Crippen molar-refractivity contribution in [1.29, 1.82) is 0 Å². The van der Waals surface area contributed by atoms with Crippen molar-refractivity contribution in [2.24, 2.45) is 0 Å². The summed E-state index contributed by atoms with van der Waals surface area (Å²) in [5.74, 6) is 0.683. The molecule has 0 aliphatic rings. The van der Waals surface area contributed by atoms with E-state index < -0.39 is 20.8 Å². The maximum atomic E-state index is 13.6. The molecule has 2 aromatic heterocycles. The van der Waals surface area contributed by atoms with Gasteiger partial charge in [-0.25, -0.2) is 17.4 Å². The van der Waals surface area contributed by atoms with E-state index in [-0.39, 0.29) is 15.8 Å². The molecule has 1 atom stereocenters. The number of imidazole rings is 1. The fourth-order valence-corrected chi connectivity index (χ4v) is 6.68. The largest absolute Gasteiger partial charge is 0.496 e. The second kappa shape index (κ2) is 8.48. The molecule has 0 aliphatic carbocycles. The van der Waals surface area contributed by atoms with Crippen LogP contribution in [0.3, 0.4) is 0 Å². The topological polar surface area (TPSA) is 91.2 Å². The number of ether oxygens (including phenoxy) is 1. The van der Waals surface area contributed by atoms with Crippen LogP contribution in [0.15, 0.2) is 64.8 Å². The lowest BCUT2D eigenvalue weighted by Crippen LogP contribution is -2.18. The Labute approximate surface area is 189 Å². The number of rotatable bonds is 6. The van der Waals surface area contributed by atoms with Gasteiger partial charge in [0.1, 0.15) is 5.75 Å². The summed E-state index contributed by atoms with van der Waals surface area (Å²) in [5, 5.41) is -0.0322. The van der Waals surface area contributed by atoms with Gasteiger partial charge in [0.25, 0.3) is 10.0 Å². The van der Waals surface area contributed by atoms with Crippen LogP contribution in [0.2, 0.25) is 0 Å². The molecule has 166 valence electrons. The summed E-state index contributed by atoms with van der Waals surface area (Å²) in [7, 11) is -4.22. The second-order valence-corrected chi connectivity index (χ2v) is 10.6. The van der Waals surface area contributed by atoms with Crippen molar-refractivity contribution in [3.8, 4) is 5.75 Å². The van der Waals surface area contributed by atoms with Gasteiger partial charge in [-0.1, -0.05) is 24.3 Å². The van der Waals surface area contributed by atoms with Crippen LogP contribution in [-0.2, 0) is 26.6 Å². The van der Waals surface area contributed by atoms with Gasteiger partial charge >= 0.3 is 0 Å². The van der Waals surface area contributed by atoms with E-state index in [0.717, 1.165) is 20.7 Å². The third-order valence-corrected chi connectivity index (χ3v) is 8.29. The zero-order valence-corrected chi connectivity index (χ0v) is 19.8. The van der Waals surface area contributed by atoms with Gasteiger partial charge in [-0.2, -0.15) is 0 Å². The van der Waals surface area contributed by atoms with Crippen molar-refractivity contribution in [2.45, 2.75) is 36.6 Å². The Morgan fingerprint density at radius 1 is 1.06 bits per heavy atom. The molecule has 0 radical (unpaired) electrons. The van der Waals surface area contributed by atoms with Gasteiger partial charge in [-0.15, -0.1) is 0 Å². The summed E-state index contributed by atoms with van der Waals surface area (Å²) in [4.78, 5) is 8.97. The Bertz CT molecular complexity index is 1450. The molecule has 0 saturated heterocycles. The van der Waals surface area contributed by atoms with Gasteiger partial charge in [0.15, 0.2) is 0 Å². The monoisotopic (exact) mass is 469 g/mol. The highest BCUT2D eigenvalue weighted by Gasteiger charge is 2.28. The molecule has 9 heteroatoms. The van der Waals surface area contributed by atoms with Crippen molar-refractivity contribution >= 4 is 31.9 Å². The summed E-state index contributed by atoms with van der Waals surface area (Å²) < 4.78 is 47.2. The molecule has 0 bridgehead atoms. The lowest BCUT2D eigenvalue weighted by atomic mass is 10.1. The number of methoxy groups -OCH3 is 1. The van der Waals surface area contributed by atoms with Crippen LogP contribution in [0.1, 0.15) is 22.4 Å². The van der Waals surface area contributed by atoms with Crippen LogP contribution in [0.25, 0.3) is 11.0 Å². The van der Waals surface area contributed by atoms with Crippen molar-refractivity contribution in [3.05, 3.63) is 77.1 Å². The van der Waals surface area contributed by atoms with E-state index in [4.69, 9.17) is 4.74 Å². The van der Waals surface area contributed by atoms with Gasteiger partial charge in [-0.05, 0) is 50.6 Å². The first-order valence-electron chi connectivity index (χ1n) is 9.91. The smallest absolute Gasteiger partial charge is 0.270 e. The Kier molecular flexibility index (Phi) is 5.87. The van der Waals surface area contributed by atoms with Gasteiger partial charge in [0, 0.05) is 17.3 Å². The summed E-state index contributed by atoms with van der Waals surface area (Å²) in [6, 6.07) is 13.4. The van der Waals surface area contributed by atoms with Crippen LogP contribution in [0.4, 0.5) is 0 Å². The fraction of sp³-hybridized carbons (Fsp3) is 0.217. The van der Waals surface area contributed by atoms with E-state index in [1.54, 1.807) is 43.6 Å². The minimum atomic E-state index is -4.02. The van der Waals surface area contributed by atoms with E-state index in [2.05, 4.69) is 9.97 Å². The zero-order valence-electron chi connectivity index (χ0n) is 18.2. The first-order valence-corrected chi connectivity index (χ1v) is 12.7. The maximum Gasteiger partial charge on any atom is 0.270 e. The summed E-state index contributed by atoms with van der Waals surface area (Å²) in [6.07, 6.45) is 1.66. The summed E-state index contributed by atoms with van der Waals surface area (Å²) in [6.45, 7) is 5.60. The average Bonchev–Trinajstić information content (AvgIpc) is 3.16. The Balaban J connectivity index is 1.89. The van der Waals surface area contributed by atoms with Crippen LogP contribution < -0.4 is 4.74 Å².